The molecule has 0 unspecified atom stereocenters. The summed E-state index contributed by atoms with van der Waals surface area (Å²) in [6.07, 6.45) is 0.711. The molecule has 0 aliphatic rings. The smallest absolute Gasteiger partial charge is 0.420 e. The largest absolute Gasteiger partial charge is 0.500 e. The number of hydrogen-bond donors (Lipinski definition) is 0. The van der Waals surface area contributed by atoms with Gasteiger partial charge in [0.15, 0.2) is 0 Å². The van der Waals surface area contributed by atoms with Crippen LogP contribution in [0.5, 0.6) is 0 Å². The van der Waals surface area contributed by atoms with Gasteiger partial charge in [-0.05, 0) is 12.8 Å². The molecule has 0 bridgehead atoms. The fraction of sp³-hybridized carbons (Fsp3) is 0.737. The molecule has 0 fully saturated rings. The Kier molecular flexibility index (Phi) is 13.5. The van der Waals surface area contributed by atoms with Crippen molar-refractivity contribution >= 4 is 33.1 Å². The highest BCUT2D eigenvalue weighted by Crippen LogP contribution is 2.16. The Balaban J connectivity index is 3.38. The van der Waals surface area contributed by atoms with Crippen LogP contribution in [0, 0.1) is 0 Å². The Bertz CT molecular complexity index is 905. The number of hydrogen-bond acceptors (Lipinski definition) is 10. The first-order valence-corrected chi connectivity index (χ1v) is 15.8. The zero-order chi connectivity index (χ0) is 26.6. The normalized spacial score (nSPS) is 12.3. The van der Waals surface area contributed by atoms with Crippen LogP contribution in [0.25, 0.3) is 5.70 Å². The lowest BCUT2D eigenvalue weighted by Gasteiger charge is -2.24. The number of aromatic nitrogens is 3. The van der Waals surface area contributed by atoms with Crippen molar-refractivity contribution in [2.45, 2.75) is 44.1 Å². The summed E-state index contributed by atoms with van der Waals surface area (Å²) in [5.41, 5.74) is -1.98. The van der Waals surface area contributed by atoms with E-state index < -0.39 is 34.7 Å². The van der Waals surface area contributed by atoms with Gasteiger partial charge in [0.05, 0.1) is 0 Å². The maximum absolute atomic E-state index is 13.2. The molecule has 1 rings (SSSR count). The van der Waals surface area contributed by atoms with Crippen LogP contribution >= 0.6 is 0 Å². The second kappa shape index (κ2) is 14.9. The number of rotatable bonds is 18. The van der Waals surface area contributed by atoms with Crippen molar-refractivity contribution in [1.29, 1.82) is 0 Å². The molecule has 0 atom stereocenters. The second-order valence-corrected chi connectivity index (χ2v) is 14.6. The van der Waals surface area contributed by atoms with Gasteiger partial charge in [-0.25, -0.2) is 28.1 Å². The molecule has 0 amide bonds. The molecule has 0 aliphatic heterocycles. The summed E-state index contributed by atoms with van der Waals surface area (Å²) in [7, 11) is 4.65. The van der Waals surface area contributed by atoms with E-state index in [0.717, 1.165) is 13.7 Å². The molecule has 0 saturated heterocycles. The fourth-order valence-electron chi connectivity index (χ4n) is 3.54. The predicted molar refractivity (Wildman–Crippen MR) is 135 cm³/mol. The monoisotopic (exact) mass is 551 g/mol. The summed E-state index contributed by atoms with van der Waals surface area (Å²) < 4.78 is 40.5. The summed E-state index contributed by atoms with van der Waals surface area (Å²) in [4.78, 5) is 39.6. The van der Waals surface area contributed by atoms with Crippen LogP contribution in [-0.2, 0) is 44.1 Å². The molecule has 13 nitrogen and oxygen atoms in total. The minimum Gasteiger partial charge on any atom is -0.420 e. The zero-order valence-electron chi connectivity index (χ0n) is 21.6. The lowest BCUT2D eigenvalue weighted by Crippen LogP contribution is -2.54. The summed E-state index contributed by atoms with van der Waals surface area (Å²) >= 11 is 0. The summed E-state index contributed by atoms with van der Waals surface area (Å²) in [6.45, 7) is 3.94. The lowest BCUT2D eigenvalue weighted by atomic mass is 10.4. The Morgan fingerprint density at radius 1 is 0.714 bits per heavy atom. The van der Waals surface area contributed by atoms with Gasteiger partial charge in [0.1, 0.15) is 0 Å². The van der Waals surface area contributed by atoms with Crippen LogP contribution in [0.2, 0.25) is 18.1 Å². The third-order valence-electron chi connectivity index (χ3n) is 5.64. The van der Waals surface area contributed by atoms with Crippen LogP contribution in [0.3, 0.4) is 0 Å². The van der Waals surface area contributed by atoms with Gasteiger partial charge < -0.3 is 31.0 Å². The Morgan fingerprint density at radius 2 is 1.09 bits per heavy atom. The summed E-state index contributed by atoms with van der Waals surface area (Å²) in [5.74, 6) is 0. The molecule has 0 spiro atoms. The van der Waals surface area contributed by atoms with Crippen molar-refractivity contribution in [2.75, 3.05) is 49.8 Å². The molecule has 0 aliphatic carbocycles. The fourth-order valence-corrected chi connectivity index (χ4v) is 7.42. The minimum atomic E-state index is -2.90. The second-order valence-electron chi connectivity index (χ2n) is 7.38. The van der Waals surface area contributed by atoms with E-state index in [1.165, 1.54) is 49.8 Å². The Labute approximate surface area is 209 Å². The first-order chi connectivity index (χ1) is 16.6. The summed E-state index contributed by atoms with van der Waals surface area (Å²) in [6, 6.07) is 1.01. The van der Waals surface area contributed by atoms with E-state index in [0.29, 0.717) is 24.9 Å². The molecule has 0 aromatic carbocycles. The van der Waals surface area contributed by atoms with Gasteiger partial charge in [-0.15, -0.1) is 0 Å². The van der Waals surface area contributed by atoms with Gasteiger partial charge in [-0.1, -0.05) is 6.58 Å². The molecular weight excluding hydrogens is 514 g/mol. The summed E-state index contributed by atoms with van der Waals surface area (Å²) in [5, 5.41) is 0. The van der Waals surface area contributed by atoms with Crippen LogP contribution in [0.4, 0.5) is 0 Å². The van der Waals surface area contributed by atoms with Crippen LogP contribution < -0.4 is 17.1 Å². The maximum Gasteiger partial charge on any atom is 0.500 e. The molecule has 2 radical (unpaired) electrons. The first-order valence-electron chi connectivity index (χ1n) is 10.9. The average molecular weight is 552 g/mol. The predicted octanol–water partition coefficient (Wildman–Crippen LogP) is -0.137. The number of allylic oxidation sites excluding steroid dienone is 1. The molecule has 1 heterocycles. The van der Waals surface area contributed by atoms with Crippen LogP contribution in [-0.4, -0.2) is 90.8 Å². The van der Waals surface area contributed by atoms with Crippen molar-refractivity contribution in [2.24, 2.45) is 0 Å². The van der Waals surface area contributed by atoms with Crippen molar-refractivity contribution in [3.63, 3.8) is 0 Å². The van der Waals surface area contributed by atoms with E-state index in [1.807, 2.05) is 0 Å². The van der Waals surface area contributed by atoms with E-state index in [-0.39, 0.29) is 34.6 Å². The lowest BCUT2D eigenvalue weighted by molar-refractivity contribution is 0.122. The SMILES string of the molecule is C=C(C[Si]OC)n1c(=O)n(CCC[Si](OC)(OC)OC)c(=O)n(CCC[Si](OC)(OC)OC)c1=O. The van der Waals surface area contributed by atoms with Gasteiger partial charge in [-0.3, -0.25) is 0 Å². The van der Waals surface area contributed by atoms with E-state index >= 15 is 0 Å². The van der Waals surface area contributed by atoms with Gasteiger partial charge in [0.25, 0.3) is 0 Å². The Morgan fingerprint density at radius 3 is 1.40 bits per heavy atom. The highest BCUT2D eigenvalue weighted by atomic mass is 28.4. The van der Waals surface area contributed by atoms with Gasteiger partial charge in [0.2, 0.25) is 9.76 Å². The molecular formula is C19H37N3O10Si3. The quantitative estimate of drug-likeness (QED) is 0.227. The van der Waals surface area contributed by atoms with Crippen LogP contribution in [0.15, 0.2) is 21.0 Å². The van der Waals surface area contributed by atoms with Crippen LogP contribution in [0.1, 0.15) is 12.8 Å². The standard InChI is InChI=1S/C19H37N3O10Si3/c1-16(15-33-26-2)22-18(24)20(11-9-13-34(27-3,28-4)29-5)17(23)21(19(22)25)12-10-14-35(30-6,31-7)32-8/h1,9-15H2,2-8H3. The van der Waals surface area contributed by atoms with E-state index in [9.17, 15) is 14.4 Å². The highest BCUT2D eigenvalue weighted by Gasteiger charge is 2.38. The van der Waals surface area contributed by atoms with Crippen molar-refractivity contribution in [1.82, 2.24) is 13.7 Å². The Hall–Kier alpha value is -1.48. The van der Waals surface area contributed by atoms with Gasteiger partial charge in [-0.2, -0.15) is 0 Å². The van der Waals surface area contributed by atoms with Crippen molar-refractivity contribution < 1.29 is 31.0 Å². The molecule has 1 aromatic rings. The van der Waals surface area contributed by atoms with Crippen molar-refractivity contribution in [3.8, 4) is 0 Å². The maximum atomic E-state index is 13.2. The van der Waals surface area contributed by atoms with Crippen molar-refractivity contribution in [3.05, 3.63) is 38.0 Å². The first kappa shape index (κ1) is 31.6. The van der Waals surface area contributed by atoms with Gasteiger partial charge in [0, 0.05) is 86.7 Å². The third-order valence-corrected chi connectivity index (χ3v) is 12.1. The van der Waals surface area contributed by atoms with Gasteiger partial charge >= 0.3 is 34.7 Å². The molecule has 1 aromatic heterocycles. The topological polar surface area (TPSA) is 131 Å². The molecule has 35 heavy (non-hydrogen) atoms. The number of nitrogens with zero attached hydrogens (tertiary/aromatic N) is 3. The van der Waals surface area contributed by atoms with E-state index in [2.05, 4.69) is 6.58 Å². The van der Waals surface area contributed by atoms with E-state index in [4.69, 9.17) is 31.0 Å². The third kappa shape index (κ3) is 7.75. The highest BCUT2D eigenvalue weighted by molar-refractivity contribution is 6.60. The molecule has 0 saturated carbocycles. The minimum absolute atomic E-state index is 0.00743. The van der Waals surface area contributed by atoms with E-state index in [1.54, 1.807) is 0 Å². The average Bonchev–Trinajstić information content (AvgIpc) is 2.87. The molecule has 200 valence electrons. The zero-order valence-corrected chi connectivity index (χ0v) is 24.6. The molecule has 0 N–H and O–H groups in total. The molecule has 16 heteroatoms.